The maximum Gasteiger partial charge on any atom is 0.326 e. The second kappa shape index (κ2) is 15.9. The molecular formula is C20H36N8O8. The first-order valence-corrected chi connectivity index (χ1v) is 11.1. The van der Waals surface area contributed by atoms with Crippen molar-refractivity contribution in [2.24, 2.45) is 23.1 Å². The second-order valence-electron chi connectivity index (χ2n) is 8.51. The number of hydrogen-bond donors (Lipinski definition) is 10. The van der Waals surface area contributed by atoms with Gasteiger partial charge in [-0.25, -0.2) is 4.79 Å². The van der Waals surface area contributed by atoms with Gasteiger partial charge in [0, 0.05) is 6.54 Å². The molecule has 0 aromatic carbocycles. The van der Waals surface area contributed by atoms with Gasteiger partial charge < -0.3 is 48.7 Å². The van der Waals surface area contributed by atoms with Crippen LogP contribution in [0.25, 0.3) is 0 Å². The summed E-state index contributed by atoms with van der Waals surface area (Å²) in [4.78, 5) is 71.6. The Morgan fingerprint density at radius 3 is 1.83 bits per heavy atom. The Labute approximate surface area is 207 Å². The number of aliphatic carboxylic acids is 2. The van der Waals surface area contributed by atoms with Crippen LogP contribution >= 0.6 is 0 Å². The van der Waals surface area contributed by atoms with Gasteiger partial charge >= 0.3 is 11.9 Å². The van der Waals surface area contributed by atoms with E-state index in [0.717, 1.165) is 0 Å². The summed E-state index contributed by atoms with van der Waals surface area (Å²) in [6.45, 7) is 3.88. The minimum absolute atomic E-state index is 0.00703. The molecule has 36 heavy (non-hydrogen) atoms. The van der Waals surface area contributed by atoms with E-state index >= 15 is 0 Å². The third-order valence-corrected chi connectivity index (χ3v) is 4.71. The molecule has 16 heteroatoms. The van der Waals surface area contributed by atoms with Crippen LogP contribution in [0.1, 0.15) is 46.0 Å². The summed E-state index contributed by atoms with van der Waals surface area (Å²) in [5.74, 6) is -7.07. The Morgan fingerprint density at radius 1 is 0.833 bits per heavy atom. The fraction of sp³-hybridized carbons (Fsp3) is 0.650. The van der Waals surface area contributed by atoms with E-state index in [1.165, 1.54) is 0 Å². The molecular weight excluding hydrogens is 480 g/mol. The molecule has 0 spiro atoms. The molecule has 0 bridgehead atoms. The summed E-state index contributed by atoms with van der Waals surface area (Å²) < 4.78 is 0. The number of hydrogen-bond acceptors (Lipinski definition) is 8. The van der Waals surface area contributed by atoms with Crippen molar-refractivity contribution in [2.45, 2.75) is 70.1 Å². The number of carbonyl (C=O) groups excluding carboxylic acids is 4. The normalized spacial score (nSPS) is 14.0. The quantitative estimate of drug-likeness (QED) is 0.0514. The largest absolute Gasteiger partial charge is 0.481 e. The van der Waals surface area contributed by atoms with Crippen LogP contribution in [0.5, 0.6) is 0 Å². The van der Waals surface area contributed by atoms with Gasteiger partial charge in [-0.3, -0.25) is 29.4 Å². The van der Waals surface area contributed by atoms with Gasteiger partial charge in [0.15, 0.2) is 5.96 Å². The molecule has 0 fully saturated rings. The number of rotatable bonds is 17. The number of nitrogens with two attached hydrogens (primary N) is 3. The average molecular weight is 517 g/mol. The molecule has 204 valence electrons. The fourth-order valence-electron chi connectivity index (χ4n) is 3.02. The van der Waals surface area contributed by atoms with Gasteiger partial charge in [0.1, 0.15) is 18.1 Å². The molecule has 0 saturated carbocycles. The summed E-state index contributed by atoms with van der Waals surface area (Å²) in [5, 5.41) is 34.6. The van der Waals surface area contributed by atoms with E-state index in [9.17, 15) is 28.8 Å². The zero-order chi connectivity index (χ0) is 28.0. The van der Waals surface area contributed by atoms with Crippen molar-refractivity contribution in [3.8, 4) is 0 Å². The number of amides is 4. The smallest absolute Gasteiger partial charge is 0.326 e. The van der Waals surface area contributed by atoms with Crippen molar-refractivity contribution in [1.82, 2.24) is 21.3 Å². The molecule has 0 radical (unpaired) electrons. The van der Waals surface area contributed by atoms with Crippen LogP contribution in [-0.4, -0.2) is 82.5 Å². The zero-order valence-electron chi connectivity index (χ0n) is 20.2. The number of carbonyl (C=O) groups is 6. The first-order valence-electron chi connectivity index (χ1n) is 11.1. The van der Waals surface area contributed by atoms with Crippen LogP contribution in [0.3, 0.4) is 0 Å². The predicted molar refractivity (Wildman–Crippen MR) is 126 cm³/mol. The third-order valence-electron chi connectivity index (χ3n) is 4.71. The van der Waals surface area contributed by atoms with Gasteiger partial charge in [-0.1, -0.05) is 13.8 Å². The molecule has 0 aliphatic heterocycles. The van der Waals surface area contributed by atoms with E-state index in [1.807, 2.05) is 19.2 Å². The molecule has 0 aromatic rings. The van der Waals surface area contributed by atoms with E-state index in [0.29, 0.717) is 6.42 Å². The van der Waals surface area contributed by atoms with Gasteiger partial charge in [0.05, 0.1) is 18.9 Å². The monoisotopic (exact) mass is 516 g/mol. The number of nitrogens with one attached hydrogen (secondary N) is 5. The standard InChI is InChI=1S/C20H36N8O8/c1-9(2)6-10(21)16(32)26-11(4-3-5-25-20(23)24)17(33)27-12(8-15(30)31)18(34)28-13(19(35)36)7-14(22)29/h9-13H,3-8,21H2,1-2H3,(H2,22,29)(H,26,32)(H,27,33)(H,28,34)(H,30,31)(H,35,36)(H4,23,24,25)/t10-,11-,12-,13-/m0/s1. The van der Waals surface area contributed by atoms with E-state index < -0.39 is 72.6 Å². The van der Waals surface area contributed by atoms with E-state index in [2.05, 4.69) is 16.0 Å². The highest BCUT2D eigenvalue weighted by Crippen LogP contribution is 2.06. The van der Waals surface area contributed by atoms with Crippen LogP contribution in [0, 0.1) is 11.3 Å². The maximum absolute atomic E-state index is 12.9. The van der Waals surface area contributed by atoms with Gasteiger partial charge in [0.2, 0.25) is 23.6 Å². The lowest BCUT2D eigenvalue weighted by molar-refractivity contribution is -0.144. The molecule has 0 heterocycles. The van der Waals surface area contributed by atoms with Gasteiger partial charge in [-0.05, 0) is 25.2 Å². The molecule has 0 aliphatic carbocycles. The van der Waals surface area contributed by atoms with Crippen LogP contribution in [0.15, 0.2) is 0 Å². The van der Waals surface area contributed by atoms with Gasteiger partial charge in [0.25, 0.3) is 0 Å². The minimum Gasteiger partial charge on any atom is -0.481 e. The number of carboxylic acids is 2. The Kier molecular flexibility index (Phi) is 14.1. The minimum atomic E-state index is -1.75. The lowest BCUT2D eigenvalue weighted by Crippen LogP contribution is -2.57. The summed E-state index contributed by atoms with van der Waals surface area (Å²) >= 11 is 0. The van der Waals surface area contributed by atoms with Gasteiger partial charge in [-0.2, -0.15) is 0 Å². The molecule has 4 amide bonds. The molecule has 0 rings (SSSR count). The molecule has 4 atom stereocenters. The van der Waals surface area contributed by atoms with Crippen LogP contribution < -0.4 is 38.5 Å². The highest BCUT2D eigenvalue weighted by atomic mass is 16.4. The van der Waals surface area contributed by atoms with Crippen molar-refractivity contribution in [2.75, 3.05) is 6.54 Å². The summed E-state index contributed by atoms with van der Waals surface area (Å²) in [6.07, 6.45) is -1.10. The summed E-state index contributed by atoms with van der Waals surface area (Å²) in [7, 11) is 0. The first-order chi connectivity index (χ1) is 16.6. The molecule has 16 nitrogen and oxygen atoms in total. The first kappa shape index (κ1) is 32.0. The van der Waals surface area contributed by atoms with Gasteiger partial charge in [-0.15, -0.1) is 0 Å². The fourth-order valence-corrected chi connectivity index (χ4v) is 3.02. The Bertz CT molecular complexity index is 835. The van der Waals surface area contributed by atoms with Crippen molar-refractivity contribution in [3.05, 3.63) is 0 Å². The van der Waals surface area contributed by atoms with E-state index in [1.54, 1.807) is 0 Å². The molecule has 0 aromatic heterocycles. The van der Waals surface area contributed by atoms with Crippen LogP contribution in [-0.2, 0) is 28.8 Å². The summed E-state index contributed by atoms with van der Waals surface area (Å²) in [5.41, 5.74) is 16.0. The average Bonchev–Trinajstić information content (AvgIpc) is 2.73. The molecule has 0 saturated heterocycles. The number of carboxylic acid groups (broad SMARTS) is 2. The predicted octanol–water partition coefficient (Wildman–Crippen LogP) is -3.49. The Balaban J connectivity index is 5.61. The lowest BCUT2D eigenvalue weighted by atomic mass is 10.0. The van der Waals surface area contributed by atoms with E-state index in [4.69, 9.17) is 32.8 Å². The maximum atomic E-state index is 12.9. The third kappa shape index (κ3) is 13.7. The van der Waals surface area contributed by atoms with Crippen LogP contribution in [0.2, 0.25) is 0 Å². The zero-order valence-corrected chi connectivity index (χ0v) is 20.2. The van der Waals surface area contributed by atoms with Crippen molar-refractivity contribution in [3.63, 3.8) is 0 Å². The van der Waals surface area contributed by atoms with Crippen LogP contribution in [0.4, 0.5) is 0 Å². The van der Waals surface area contributed by atoms with Crippen molar-refractivity contribution >= 4 is 41.5 Å². The molecule has 0 unspecified atom stereocenters. The highest BCUT2D eigenvalue weighted by Gasteiger charge is 2.32. The van der Waals surface area contributed by atoms with Crippen molar-refractivity contribution < 1.29 is 39.0 Å². The number of guanidine groups is 1. The Morgan fingerprint density at radius 2 is 1.36 bits per heavy atom. The highest BCUT2D eigenvalue weighted by molar-refractivity contribution is 5.96. The lowest BCUT2D eigenvalue weighted by Gasteiger charge is -2.25. The Hall–Kier alpha value is -3.95. The van der Waals surface area contributed by atoms with Crippen molar-refractivity contribution in [1.29, 1.82) is 5.41 Å². The second-order valence-corrected chi connectivity index (χ2v) is 8.51. The van der Waals surface area contributed by atoms with E-state index in [-0.39, 0.29) is 31.3 Å². The SMILES string of the molecule is CC(C)C[C@H](N)C(=O)N[C@@H](CCCNC(=N)N)C(=O)N[C@@H](CC(=O)O)C(=O)N[C@@H](CC(N)=O)C(=O)O. The summed E-state index contributed by atoms with van der Waals surface area (Å²) in [6, 6.07) is -5.65. The topological polar surface area (TPSA) is 293 Å². The number of primary amides is 1. The molecule has 13 N–H and O–H groups in total. The molecule has 0 aliphatic rings.